The molecule has 2 aliphatic heterocycles. The second-order valence-corrected chi connectivity index (χ2v) is 14.7. The van der Waals surface area contributed by atoms with E-state index in [1.807, 2.05) is 25.7 Å². The van der Waals surface area contributed by atoms with Crippen LogP contribution in [0.1, 0.15) is 70.6 Å². The summed E-state index contributed by atoms with van der Waals surface area (Å²) in [5, 5.41) is 0. The fraction of sp³-hybridized carbons (Fsp3) is 0.417. The van der Waals surface area contributed by atoms with Crippen molar-refractivity contribution in [2.45, 2.75) is 51.8 Å². The number of rotatable bonds is 7. The molecule has 1 aliphatic carbocycles. The number of benzene rings is 3. The molecule has 0 aromatic heterocycles. The Morgan fingerprint density at radius 2 is 1.55 bits per heavy atom. The van der Waals surface area contributed by atoms with Crippen molar-refractivity contribution in [3.63, 3.8) is 0 Å². The molecule has 1 unspecified atom stereocenters. The number of imide groups is 1. The van der Waals surface area contributed by atoms with Crippen LogP contribution in [-0.4, -0.2) is 93.3 Å². The van der Waals surface area contributed by atoms with Gasteiger partial charge in [0.15, 0.2) is 17.2 Å². The molecule has 3 aromatic carbocycles. The third-order valence-electron chi connectivity index (χ3n) is 8.50. The summed E-state index contributed by atoms with van der Waals surface area (Å²) in [6.45, 7) is 9.10. The summed E-state index contributed by atoms with van der Waals surface area (Å²) >= 11 is 0. The van der Waals surface area contributed by atoms with E-state index in [-0.39, 0.29) is 29.5 Å². The van der Waals surface area contributed by atoms with Crippen LogP contribution in [0.25, 0.3) is 0 Å². The molecule has 13 heteroatoms. The standard InChI is InChI=1S/C18H26N2O2.C18H17NO7S/c1-18(2,3)22-17(21)20-12-10-19(11-13-20)16-9-8-14-6-4-5-7-15(14)16;1-24-13-8-7-11(9-15(13)25-2)10-19-17(20)12-5-4-6-14(16(12)18(19)21)26-27(3,22)23/h4-7,16H,8-13H2,1-3H3;4-9H,10H2,1-3H3. The molecule has 49 heavy (non-hydrogen) atoms. The molecule has 1 atom stereocenters. The highest BCUT2D eigenvalue weighted by atomic mass is 32.2. The van der Waals surface area contributed by atoms with E-state index in [4.69, 9.17) is 18.4 Å². The van der Waals surface area contributed by atoms with E-state index in [1.54, 1.807) is 18.2 Å². The Bertz CT molecular complexity index is 1830. The summed E-state index contributed by atoms with van der Waals surface area (Å²) in [5.41, 5.74) is 3.23. The van der Waals surface area contributed by atoms with E-state index in [0.29, 0.717) is 23.1 Å². The van der Waals surface area contributed by atoms with Crippen molar-refractivity contribution in [1.82, 2.24) is 14.7 Å². The van der Waals surface area contributed by atoms with Gasteiger partial charge in [0.05, 0.1) is 38.1 Å². The minimum atomic E-state index is -3.85. The predicted octanol–water partition coefficient (Wildman–Crippen LogP) is 5.07. The van der Waals surface area contributed by atoms with E-state index < -0.39 is 27.5 Å². The lowest BCUT2D eigenvalue weighted by molar-refractivity contribution is 0.0102. The lowest BCUT2D eigenvalue weighted by Crippen LogP contribution is -2.50. The minimum Gasteiger partial charge on any atom is -0.493 e. The van der Waals surface area contributed by atoms with Gasteiger partial charge in [-0.25, -0.2) is 4.79 Å². The molecule has 6 rings (SSSR count). The molecule has 0 radical (unpaired) electrons. The van der Waals surface area contributed by atoms with Crippen LogP contribution in [0.4, 0.5) is 4.79 Å². The van der Waals surface area contributed by atoms with Crippen molar-refractivity contribution in [2.24, 2.45) is 0 Å². The molecular formula is C36H43N3O9S. The minimum absolute atomic E-state index is 0.00891. The number of hydrogen-bond acceptors (Lipinski definition) is 10. The van der Waals surface area contributed by atoms with Crippen molar-refractivity contribution in [1.29, 1.82) is 0 Å². The molecule has 1 fully saturated rings. The van der Waals surface area contributed by atoms with Crippen LogP contribution in [-0.2, 0) is 27.8 Å². The number of hydrogen-bond donors (Lipinski definition) is 0. The van der Waals surface area contributed by atoms with Crippen molar-refractivity contribution in [2.75, 3.05) is 46.7 Å². The molecular weight excluding hydrogens is 650 g/mol. The van der Waals surface area contributed by atoms with E-state index >= 15 is 0 Å². The van der Waals surface area contributed by atoms with E-state index in [1.165, 1.54) is 56.4 Å². The van der Waals surface area contributed by atoms with Gasteiger partial charge in [0, 0.05) is 32.2 Å². The molecule has 262 valence electrons. The summed E-state index contributed by atoms with van der Waals surface area (Å²) in [4.78, 5) is 42.9. The predicted molar refractivity (Wildman–Crippen MR) is 183 cm³/mol. The average Bonchev–Trinajstić information content (AvgIpc) is 3.59. The number of nitrogens with zero attached hydrogens (tertiary/aromatic N) is 3. The van der Waals surface area contributed by atoms with Crippen LogP contribution in [0, 0.1) is 0 Å². The monoisotopic (exact) mass is 693 g/mol. The first-order chi connectivity index (χ1) is 23.2. The highest BCUT2D eigenvalue weighted by Gasteiger charge is 2.39. The average molecular weight is 694 g/mol. The number of methoxy groups -OCH3 is 2. The number of carbonyl (C=O) groups is 3. The van der Waals surface area contributed by atoms with E-state index in [2.05, 4.69) is 29.2 Å². The van der Waals surface area contributed by atoms with Crippen molar-refractivity contribution < 1.29 is 41.2 Å². The molecule has 3 aliphatic rings. The smallest absolute Gasteiger partial charge is 0.410 e. The SMILES string of the molecule is CC(C)(C)OC(=O)N1CCN(C2CCc3ccccc32)CC1.COc1ccc(CN2C(=O)c3cccc(OS(C)(=O)=O)c3C2=O)cc1OC. The Kier molecular flexibility index (Phi) is 10.5. The van der Waals surface area contributed by atoms with Crippen LogP contribution in [0.15, 0.2) is 60.7 Å². The molecule has 0 bridgehead atoms. The Balaban J connectivity index is 0.000000195. The van der Waals surface area contributed by atoms with Gasteiger partial charge >= 0.3 is 16.2 Å². The number of amides is 3. The van der Waals surface area contributed by atoms with Crippen LogP contribution >= 0.6 is 0 Å². The molecule has 3 aromatic rings. The molecule has 0 spiro atoms. The number of fused-ring (bicyclic) bond motifs is 2. The first kappa shape index (κ1) is 35.7. The molecule has 12 nitrogen and oxygen atoms in total. The number of carbonyl (C=O) groups excluding carboxylic acids is 3. The van der Waals surface area contributed by atoms with Crippen LogP contribution < -0.4 is 13.7 Å². The molecule has 2 heterocycles. The summed E-state index contributed by atoms with van der Waals surface area (Å²) in [6, 6.07) is 18.6. The highest BCUT2D eigenvalue weighted by molar-refractivity contribution is 7.86. The number of piperazine rings is 1. The quantitative estimate of drug-likeness (QED) is 0.244. The van der Waals surface area contributed by atoms with E-state index in [0.717, 1.165) is 37.3 Å². The number of aryl methyl sites for hydroxylation is 1. The second-order valence-electron chi connectivity index (χ2n) is 13.1. The molecule has 0 N–H and O–H groups in total. The fourth-order valence-corrected chi connectivity index (χ4v) is 6.76. The summed E-state index contributed by atoms with van der Waals surface area (Å²) in [5.74, 6) is -0.323. The first-order valence-electron chi connectivity index (χ1n) is 16.1. The third-order valence-corrected chi connectivity index (χ3v) is 8.98. The maximum atomic E-state index is 12.8. The third kappa shape index (κ3) is 8.34. The van der Waals surface area contributed by atoms with Crippen LogP contribution in [0.2, 0.25) is 0 Å². The normalized spacial score (nSPS) is 17.6. The van der Waals surface area contributed by atoms with E-state index in [9.17, 15) is 22.8 Å². The highest BCUT2D eigenvalue weighted by Crippen LogP contribution is 2.36. The maximum absolute atomic E-state index is 12.8. The molecule has 0 saturated carbocycles. The van der Waals surface area contributed by atoms with Gasteiger partial charge in [-0.1, -0.05) is 36.4 Å². The molecule has 3 amide bonds. The van der Waals surface area contributed by atoms with Gasteiger partial charge in [0.25, 0.3) is 11.8 Å². The zero-order valence-electron chi connectivity index (χ0n) is 28.7. The lowest BCUT2D eigenvalue weighted by Gasteiger charge is -2.38. The largest absolute Gasteiger partial charge is 0.493 e. The van der Waals surface area contributed by atoms with Gasteiger partial charge < -0.3 is 23.3 Å². The van der Waals surface area contributed by atoms with Crippen molar-refractivity contribution >= 4 is 28.0 Å². The Labute approximate surface area is 287 Å². The fourth-order valence-electron chi connectivity index (χ4n) is 6.30. The Hall–Kier alpha value is -4.62. The lowest BCUT2D eigenvalue weighted by atomic mass is 10.1. The Morgan fingerprint density at radius 3 is 2.20 bits per heavy atom. The zero-order valence-corrected chi connectivity index (χ0v) is 29.5. The second kappa shape index (κ2) is 14.5. The van der Waals surface area contributed by atoms with Crippen molar-refractivity contribution in [3.8, 4) is 17.2 Å². The Morgan fingerprint density at radius 1 is 0.857 bits per heavy atom. The first-order valence-corrected chi connectivity index (χ1v) is 17.9. The van der Waals surface area contributed by atoms with Gasteiger partial charge in [-0.3, -0.25) is 19.4 Å². The number of ether oxygens (including phenoxy) is 3. The van der Waals surface area contributed by atoms with Gasteiger partial charge in [0.2, 0.25) is 0 Å². The zero-order chi connectivity index (χ0) is 35.5. The van der Waals surface area contributed by atoms with Crippen LogP contribution in [0.3, 0.4) is 0 Å². The van der Waals surface area contributed by atoms with Gasteiger partial charge in [-0.2, -0.15) is 8.42 Å². The summed E-state index contributed by atoms with van der Waals surface area (Å²) in [7, 11) is -0.856. The summed E-state index contributed by atoms with van der Waals surface area (Å²) in [6.07, 6.45) is 3.06. The topological polar surface area (TPSA) is 132 Å². The van der Waals surface area contributed by atoms with Crippen LogP contribution in [0.5, 0.6) is 17.2 Å². The molecule has 1 saturated heterocycles. The van der Waals surface area contributed by atoms with Gasteiger partial charge in [0.1, 0.15) is 5.60 Å². The maximum Gasteiger partial charge on any atom is 0.410 e. The van der Waals surface area contributed by atoms with Gasteiger partial charge in [-0.05, 0) is 74.6 Å². The summed E-state index contributed by atoms with van der Waals surface area (Å²) < 4.78 is 43.6. The van der Waals surface area contributed by atoms with Gasteiger partial charge in [-0.15, -0.1) is 0 Å². The van der Waals surface area contributed by atoms with Crippen molar-refractivity contribution in [3.05, 3.63) is 88.5 Å².